The zero-order chi connectivity index (χ0) is 24.8. The van der Waals surface area contributed by atoms with E-state index in [1.807, 2.05) is 32.4 Å². The molecule has 2 aromatic carbocycles. The topological polar surface area (TPSA) is 62.6 Å². The Hall–Kier alpha value is -3.68. The maximum atomic E-state index is 15.5. The third-order valence-electron chi connectivity index (χ3n) is 7.55. The van der Waals surface area contributed by atoms with Gasteiger partial charge in [0.2, 0.25) is 0 Å². The number of hydrogen-bond donors (Lipinski definition) is 0. The molecule has 180 valence electrons. The summed E-state index contributed by atoms with van der Waals surface area (Å²) in [6.45, 7) is 6.47. The van der Waals surface area contributed by atoms with Crippen molar-refractivity contribution in [3.63, 3.8) is 0 Å². The van der Waals surface area contributed by atoms with Gasteiger partial charge in [-0.15, -0.1) is 0 Å². The van der Waals surface area contributed by atoms with Crippen LogP contribution < -0.4 is 5.69 Å². The normalized spacial score (nSPS) is 15.1. The van der Waals surface area contributed by atoms with Crippen LogP contribution in [0.3, 0.4) is 0 Å². The highest BCUT2D eigenvalue weighted by atomic mass is 19.1. The first kappa shape index (κ1) is 21.8. The number of aromatic nitrogens is 6. The van der Waals surface area contributed by atoms with E-state index in [4.69, 9.17) is 4.98 Å². The molecule has 1 fully saturated rings. The van der Waals surface area contributed by atoms with Gasteiger partial charge in [0.05, 0.1) is 28.3 Å². The maximum absolute atomic E-state index is 15.5. The van der Waals surface area contributed by atoms with E-state index in [2.05, 4.69) is 36.5 Å². The molecule has 6 rings (SSSR count). The summed E-state index contributed by atoms with van der Waals surface area (Å²) in [6, 6.07) is 7.58. The van der Waals surface area contributed by atoms with Gasteiger partial charge < -0.3 is 0 Å². The summed E-state index contributed by atoms with van der Waals surface area (Å²) < 4.78 is 22.6. The number of nitrogens with zero attached hydrogens (tertiary/aromatic N) is 6. The predicted octanol–water partition coefficient (Wildman–Crippen LogP) is 4.93. The molecule has 0 amide bonds. The summed E-state index contributed by atoms with van der Waals surface area (Å²) in [6.07, 6.45) is 5.56. The minimum atomic E-state index is -0.309. The Morgan fingerprint density at radius 2 is 1.77 bits per heavy atom. The molecule has 1 aliphatic rings. The Bertz CT molecular complexity index is 1710. The van der Waals surface area contributed by atoms with Crippen molar-refractivity contribution in [2.24, 2.45) is 21.1 Å². The van der Waals surface area contributed by atoms with Gasteiger partial charge in [-0.05, 0) is 42.5 Å². The molecule has 0 saturated heterocycles. The molecular formula is C27H29FN6O. The molecule has 1 saturated carbocycles. The van der Waals surface area contributed by atoms with Gasteiger partial charge in [0.15, 0.2) is 0 Å². The summed E-state index contributed by atoms with van der Waals surface area (Å²) in [5, 5.41) is 4.20. The molecular weight excluding hydrogens is 443 g/mol. The first-order valence-electron chi connectivity index (χ1n) is 12.0. The number of rotatable bonds is 4. The minimum absolute atomic E-state index is 0.0561. The fraction of sp³-hybridized carbons (Fsp3) is 0.370. The van der Waals surface area contributed by atoms with Crippen LogP contribution in [0.2, 0.25) is 0 Å². The van der Waals surface area contributed by atoms with Crippen molar-refractivity contribution < 1.29 is 4.39 Å². The van der Waals surface area contributed by atoms with Gasteiger partial charge in [-0.2, -0.15) is 5.10 Å². The Kier molecular flexibility index (Phi) is 4.47. The molecule has 1 aliphatic carbocycles. The number of fused-ring (bicyclic) bond motifs is 2. The molecule has 0 atom stereocenters. The van der Waals surface area contributed by atoms with E-state index in [-0.39, 0.29) is 22.8 Å². The Morgan fingerprint density at radius 1 is 1.03 bits per heavy atom. The summed E-state index contributed by atoms with van der Waals surface area (Å²) in [5.74, 6) is 0.829. The maximum Gasteiger partial charge on any atom is 0.328 e. The quantitative estimate of drug-likeness (QED) is 0.373. The van der Waals surface area contributed by atoms with E-state index in [0.717, 1.165) is 57.5 Å². The van der Waals surface area contributed by atoms with Crippen LogP contribution in [0, 0.1) is 5.82 Å². The number of hydrogen-bond acceptors (Lipinski definition) is 3. The van der Waals surface area contributed by atoms with E-state index in [0.29, 0.717) is 5.56 Å². The standard InChI is InChI=1S/C27H29FN6O/c1-15(2)18-9-17(10-23-24(18)33(6)26(35)32(23)5)34-22-12-20(28)19(16-13-29-31(4)14-16)11-21(22)30-25(34)27(3)7-8-27/h9-15H,7-8H2,1-6H3. The van der Waals surface area contributed by atoms with Crippen LogP contribution in [0.1, 0.15) is 50.9 Å². The number of benzene rings is 2. The molecule has 0 spiro atoms. The fourth-order valence-corrected chi connectivity index (χ4v) is 5.20. The zero-order valence-corrected chi connectivity index (χ0v) is 20.9. The highest BCUT2D eigenvalue weighted by Crippen LogP contribution is 2.49. The van der Waals surface area contributed by atoms with Gasteiger partial charge in [-0.25, -0.2) is 14.2 Å². The highest BCUT2D eigenvalue weighted by Gasteiger charge is 2.44. The van der Waals surface area contributed by atoms with Crippen LogP contribution in [-0.2, 0) is 26.6 Å². The lowest BCUT2D eigenvalue weighted by molar-refractivity contribution is 0.632. The SMILES string of the molecule is CC(C)c1cc(-n2c(C3(C)CC3)nc3cc(-c4cnn(C)c4)c(F)cc32)cc2c1n(C)c(=O)n2C. The monoisotopic (exact) mass is 472 g/mol. The predicted molar refractivity (Wildman–Crippen MR) is 136 cm³/mol. The van der Waals surface area contributed by atoms with Gasteiger partial charge in [0.25, 0.3) is 0 Å². The molecule has 0 unspecified atom stereocenters. The first-order valence-corrected chi connectivity index (χ1v) is 12.0. The van der Waals surface area contributed by atoms with Crippen LogP contribution in [-0.4, -0.2) is 28.5 Å². The van der Waals surface area contributed by atoms with E-state index in [1.165, 1.54) is 0 Å². The minimum Gasteiger partial charge on any atom is -0.296 e. The lowest BCUT2D eigenvalue weighted by Gasteiger charge is -2.17. The largest absolute Gasteiger partial charge is 0.328 e. The summed E-state index contributed by atoms with van der Waals surface area (Å²) in [4.78, 5) is 17.8. The lowest BCUT2D eigenvalue weighted by Crippen LogP contribution is -2.19. The number of halogens is 1. The van der Waals surface area contributed by atoms with Crippen molar-refractivity contribution in [2.75, 3.05) is 0 Å². The van der Waals surface area contributed by atoms with E-state index >= 15 is 4.39 Å². The summed E-state index contributed by atoms with van der Waals surface area (Å²) >= 11 is 0. The number of aryl methyl sites for hydroxylation is 3. The van der Waals surface area contributed by atoms with Crippen LogP contribution in [0.4, 0.5) is 4.39 Å². The van der Waals surface area contributed by atoms with Crippen LogP contribution in [0.15, 0.2) is 41.5 Å². The summed E-state index contributed by atoms with van der Waals surface area (Å²) in [7, 11) is 5.43. The van der Waals surface area contributed by atoms with Crippen LogP contribution in [0.25, 0.3) is 38.9 Å². The van der Waals surface area contributed by atoms with Crippen molar-refractivity contribution in [3.8, 4) is 16.8 Å². The molecule has 3 heterocycles. The summed E-state index contributed by atoms with van der Waals surface area (Å²) in [5.41, 5.74) is 6.37. The third-order valence-corrected chi connectivity index (χ3v) is 7.55. The zero-order valence-electron chi connectivity index (χ0n) is 20.9. The molecule has 0 aliphatic heterocycles. The number of imidazole rings is 2. The average molecular weight is 473 g/mol. The second kappa shape index (κ2) is 7.16. The Morgan fingerprint density at radius 3 is 2.40 bits per heavy atom. The van der Waals surface area contributed by atoms with Crippen molar-refractivity contribution in [1.29, 1.82) is 0 Å². The van der Waals surface area contributed by atoms with Crippen molar-refractivity contribution in [3.05, 3.63) is 64.3 Å². The van der Waals surface area contributed by atoms with Crippen LogP contribution in [0.5, 0.6) is 0 Å². The molecule has 0 N–H and O–H groups in total. The lowest BCUT2D eigenvalue weighted by atomic mass is 10.00. The smallest absolute Gasteiger partial charge is 0.296 e. The molecule has 5 aromatic rings. The van der Waals surface area contributed by atoms with E-state index < -0.39 is 0 Å². The van der Waals surface area contributed by atoms with Gasteiger partial charge in [0, 0.05) is 55.6 Å². The first-order chi connectivity index (χ1) is 16.6. The second-order valence-electron chi connectivity index (χ2n) is 10.5. The molecule has 0 radical (unpaired) electrons. The van der Waals surface area contributed by atoms with Crippen LogP contribution >= 0.6 is 0 Å². The van der Waals surface area contributed by atoms with Gasteiger partial charge in [0.1, 0.15) is 11.6 Å². The van der Waals surface area contributed by atoms with Crippen molar-refractivity contribution >= 4 is 22.1 Å². The highest BCUT2D eigenvalue weighted by molar-refractivity contribution is 5.87. The van der Waals surface area contributed by atoms with Gasteiger partial charge in [-0.3, -0.25) is 18.4 Å². The second-order valence-corrected chi connectivity index (χ2v) is 10.5. The van der Waals surface area contributed by atoms with Gasteiger partial charge >= 0.3 is 5.69 Å². The Balaban J connectivity index is 1.68. The molecule has 8 heteroatoms. The van der Waals surface area contributed by atoms with Gasteiger partial charge in [-0.1, -0.05) is 20.8 Å². The van der Waals surface area contributed by atoms with Crippen molar-refractivity contribution in [2.45, 2.75) is 44.9 Å². The molecule has 35 heavy (non-hydrogen) atoms. The van der Waals surface area contributed by atoms with E-state index in [1.54, 1.807) is 33.1 Å². The molecule has 0 bridgehead atoms. The van der Waals surface area contributed by atoms with E-state index in [9.17, 15) is 4.79 Å². The average Bonchev–Trinajstić information content (AvgIpc) is 3.15. The molecule has 3 aromatic heterocycles. The van der Waals surface area contributed by atoms with Crippen molar-refractivity contribution in [1.82, 2.24) is 28.5 Å². The third kappa shape index (κ3) is 3.12. The molecule has 7 nitrogen and oxygen atoms in total. The fourth-order valence-electron chi connectivity index (χ4n) is 5.20. The Labute approximate surface area is 202 Å².